The van der Waals surface area contributed by atoms with Crippen molar-refractivity contribution in [2.45, 2.75) is 37.8 Å². The van der Waals surface area contributed by atoms with Crippen LogP contribution in [-0.2, 0) is 0 Å². The molecule has 0 spiro atoms. The number of rotatable bonds is 4. The molecule has 0 N–H and O–H groups in total. The van der Waals surface area contributed by atoms with Crippen LogP contribution in [0, 0.1) is 12.3 Å². The highest BCUT2D eigenvalue weighted by atomic mass is 32.2. The molecule has 4 heteroatoms. The van der Waals surface area contributed by atoms with E-state index in [4.69, 9.17) is 0 Å². The molecule has 1 fully saturated rings. The summed E-state index contributed by atoms with van der Waals surface area (Å²) in [7, 11) is 0. The lowest BCUT2D eigenvalue weighted by Crippen LogP contribution is -2.21. The molecule has 0 amide bonds. The summed E-state index contributed by atoms with van der Waals surface area (Å²) in [6.07, 6.45) is 7.18. The summed E-state index contributed by atoms with van der Waals surface area (Å²) < 4.78 is 0. The summed E-state index contributed by atoms with van der Waals surface area (Å²) in [4.78, 5) is 8.72. The van der Waals surface area contributed by atoms with Crippen LogP contribution in [0.25, 0.3) is 0 Å². The fourth-order valence-electron chi connectivity index (χ4n) is 2.19. The van der Waals surface area contributed by atoms with Gasteiger partial charge in [-0.05, 0) is 37.0 Å². The van der Waals surface area contributed by atoms with Crippen LogP contribution in [0.2, 0.25) is 0 Å². The van der Waals surface area contributed by atoms with Crippen molar-refractivity contribution in [2.75, 3.05) is 11.5 Å². The second-order valence-electron chi connectivity index (χ2n) is 4.63. The number of aromatic nitrogens is 2. The molecule has 2 rings (SSSR count). The summed E-state index contributed by atoms with van der Waals surface area (Å²) in [5.74, 6) is 2.10. The Morgan fingerprint density at radius 1 is 1.44 bits per heavy atom. The number of hydrogen-bond acceptors (Lipinski definition) is 4. The first-order chi connectivity index (χ1) is 7.74. The lowest BCUT2D eigenvalue weighted by Gasteiger charge is -2.25. The Hall–Kier alpha value is -0.220. The normalized spacial score (nSPS) is 18.9. The van der Waals surface area contributed by atoms with Gasteiger partial charge in [0.05, 0.1) is 0 Å². The lowest BCUT2D eigenvalue weighted by molar-refractivity contribution is 0.403. The third-order valence-electron chi connectivity index (χ3n) is 3.28. The molecular formula is C12H18N2S2. The van der Waals surface area contributed by atoms with Crippen LogP contribution < -0.4 is 0 Å². The van der Waals surface area contributed by atoms with Gasteiger partial charge in [-0.3, -0.25) is 0 Å². The van der Waals surface area contributed by atoms with Crippen LogP contribution in [0.4, 0.5) is 0 Å². The molecule has 1 aromatic heterocycles. The Bertz CT molecular complexity index is 349. The second-order valence-corrected chi connectivity index (χ2v) is 5.89. The van der Waals surface area contributed by atoms with Crippen molar-refractivity contribution in [3.8, 4) is 0 Å². The molecule has 0 saturated heterocycles. The van der Waals surface area contributed by atoms with E-state index in [1.165, 1.54) is 25.7 Å². The zero-order valence-electron chi connectivity index (χ0n) is 9.65. The maximum atomic E-state index is 4.51. The topological polar surface area (TPSA) is 25.8 Å². The predicted molar refractivity (Wildman–Crippen MR) is 72.2 cm³/mol. The number of aryl methyl sites for hydroxylation is 1. The van der Waals surface area contributed by atoms with Crippen LogP contribution in [-0.4, -0.2) is 21.5 Å². The number of thiol groups is 1. The summed E-state index contributed by atoms with van der Waals surface area (Å²) in [6, 6.07) is 1.94. The minimum atomic E-state index is 0.431. The fourth-order valence-corrected chi connectivity index (χ4v) is 3.94. The van der Waals surface area contributed by atoms with Crippen LogP contribution >= 0.6 is 24.4 Å². The van der Waals surface area contributed by atoms with E-state index in [0.717, 1.165) is 22.4 Å². The van der Waals surface area contributed by atoms with Crippen molar-refractivity contribution in [3.05, 3.63) is 18.0 Å². The van der Waals surface area contributed by atoms with Crippen molar-refractivity contribution in [1.29, 1.82) is 0 Å². The van der Waals surface area contributed by atoms with Gasteiger partial charge in [-0.1, -0.05) is 24.6 Å². The Morgan fingerprint density at radius 3 is 2.81 bits per heavy atom. The largest absolute Gasteiger partial charge is 0.231 e. The van der Waals surface area contributed by atoms with Crippen LogP contribution in [0.15, 0.2) is 17.4 Å². The number of nitrogens with zero attached hydrogens (tertiary/aromatic N) is 2. The number of hydrogen-bond donors (Lipinski definition) is 1. The average molecular weight is 254 g/mol. The van der Waals surface area contributed by atoms with E-state index < -0.39 is 0 Å². The molecule has 1 aromatic rings. The highest BCUT2D eigenvalue weighted by molar-refractivity contribution is 7.99. The van der Waals surface area contributed by atoms with Gasteiger partial charge in [0.25, 0.3) is 0 Å². The molecule has 0 aliphatic heterocycles. The molecule has 0 unspecified atom stereocenters. The standard InChI is InChI=1S/C12H18N2S2/c1-10-4-7-13-11(14-10)16-9-12(8-15)5-2-3-6-12/h4,7,15H,2-3,5-6,8-9H2,1H3. The molecular weight excluding hydrogens is 236 g/mol. The van der Waals surface area contributed by atoms with Gasteiger partial charge in [0.2, 0.25) is 0 Å². The highest BCUT2D eigenvalue weighted by Gasteiger charge is 2.32. The van der Waals surface area contributed by atoms with Gasteiger partial charge in [0.1, 0.15) is 0 Å². The fraction of sp³-hybridized carbons (Fsp3) is 0.667. The summed E-state index contributed by atoms with van der Waals surface area (Å²) in [5.41, 5.74) is 1.48. The molecule has 16 heavy (non-hydrogen) atoms. The third-order valence-corrected chi connectivity index (χ3v) is 5.16. The molecule has 1 aliphatic rings. The van der Waals surface area contributed by atoms with E-state index in [1.807, 2.05) is 19.2 Å². The van der Waals surface area contributed by atoms with Gasteiger partial charge >= 0.3 is 0 Å². The third kappa shape index (κ3) is 2.92. The van der Waals surface area contributed by atoms with Gasteiger partial charge < -0.3 is 0 Å². The first-order valence-electron chi connectivity index (χ1n) is 5.77. The Balaban J connectivity index is 1.95. The van der Waals surface area contributed by atoms with E-state index >= 15 is 0 Å². The molecule has 2 nitrogen and oxygen atoms in total. The molecule has 88 valence electrons. The maximum absolute atomic E-state index is 4.51. The zero-order valence-corrected chi connectivity index (χ0v) is 11.4. The summed E-state index contributed by atoms with van der Waals surface area (Å²) in [5, 5.41) is 0.910. The van der Waals surface area contributed by atoms with Crippen LogP contribution in [0.5, 0.6) is 0 Å². The Kier molecular flexibility index (Phi) is 4.14. The van der Waals surface area contributed by atoms with Crippen molar-refractivity contribution in [2.24, 2.45) is 5.41 Å². The van der Waals surface area contributed by atoms with Crippen molar-refractivity contribution < 1.29 is 0 Å². The Morgan fingerprint density at radius 2 is 2.19 bits per heavy atom. The van der Waals surface area contributed by atoms with Crippen molar-refractivity contribution >= 4 is 24.4 Å². The summed E-state index contributed by atoms with van der Waals surface area (Å²) in [6.45, 7) is 2.01. The average Bonchev–Trinajstić information content (AvgIpc) is 2.76. The van der Waals surface area contributed by atoms with Gasteiger partial charge in [-0.15, -0.1) is 0 Å². The predicted octanol–water partition coefficient (Wildman–Crippen LogP) is 3.37. The van der Waals surface area contributed by atoms with Gasteiger partial charge in [-0.2, -0.15) is 12.6 Å². The zero-order chi connectivity index (χ0) is 11.4. The van der Waals surface area contributed by atoms with E-state index in [9.17, 15) is 0 Å². The van der Waals surface area contributed by atoms with Gasteiger partial charge in [0.15, 0.2) is 5.16 Å². The molecule has 0 bridgehead atoms. The monoisotopic (exact) mass is 254 g/mol. The SMILES string of the molecule is Cc1ccnc(SCC2(CS)CCCC2)n1. The lowest BCUT2D eigenvalue weighted by atomic mass is 9.91. The Labute approximate surface area is 107 Å². The smallest absolute Gasteiger partial charge is 0.187 e. The summed E-state index contributed by atoms with van der Waals surface area (Å²) >= 11 is 6.30. The van der Waals surface area contributed by atoms with E-state index in [0.29, 0.717) is 5.41 Å². The van der Waals surface area contributed by atoms with E-state index in [-0.39, 0.29) is 0 Å². The second kappa shape index (κ2) is 5.41. The number of thioether (sulfide) groups is 1. The molecule has 0 radical (unpaired) electrons. The van der Waals surface area contributed by atoms with E-state index in [2.05, 4.69) is 22.6 Å². The van der Waals surface area contributed by atoms with Crippen LogP contribution in [0.1, 0.15) is 31.4 Å². The first-order valence-corrected chi connectivity index (χ1v) is 7.39. The molecule has 0 aromatic carbocycles. The molecule has 0 atom stereocenters. The first kappa shape index (κ1) is 12.2. The maximum Gasteiger partial charge on any atom is 0.187 e. The van der Waals surface area contributed by atoms with Gasteiger partial charge in [0, 0.05) is 17.6 Å². The molecule has 1 saturated carbocycles. The van der Waals surface area contributed by atoms with Crippen molar-refractivity contribution in [3.63, 3.8) is 0 Å². The van der Waals surface area contributed by atoms with Crippen molar-refractivity contribution in [1.82, 2.24) is 9.97 Å². The molecule has 1 heterocycles. The van der Waals surface area contributed by atoms with Crippen LogP contribution in [0.3, 0.4) is 0 Å². The minimum Gasteiger partial charge on any atom is -0.231 e. The van der Waals surface area contributed by atoms with Gasteiger partial charge in [-0.25, -0.2) is 9.97 Å². The quantitative estimate of drug-likeness (QED) is 0.507. The van der Waals surface area contributed by atoms with E-state index in [1.54, 1.807) is 11.8 Å². The molecule has 1 aliphatic carbocycles. The highest BCUT2D eigenvalue weighted by Crippen LogP contribution is 2.42. The minimum absolute atomic E-state index is 0.431.